The Labute approximate surface area is 132 Å². The molecule has 1 rings (SSSR count). The fraction of sp³-hybridized carbons (Fsp3) is 0.467. The van der Waals surface area contributed by atoms with Crippen LogP contribution in [0.25, 0.3) is 0 Å². The van der Waals surface area contributed by atoms with Gasteiger partial charge in [0.2, 0.25) is 0 Å². The molecule has 0 aliphatic heterocycles. The molecular formula is C15H19BrO5. The van der Waals surface area contributed by atoms with Gasteiger partial charge in [-0.25, -0.2) is 0 Å². The molecule has 3 atom stereocenters. The molecule has 2 N–H and O–H groups in total. The summed E-state index contributed by atoms with van der Waals surface area (Å²) in [5.41, 5.74) is -1.66. The van der Waals surface area contributed by atoms with Gasteiger partial charge in [0.25, 0.3) is 0 Å². The number of benzene rings is 1. The smallest absolute Gasteiger partial charge is 0.328 e. The zero-order chi connectivity index (χ0) is 16.2. The van der Waals surface area contributed by atoms with Crippen molar-refractivity contribution in [2.75, 3.05) is 6.61 Å². The van der Waals surface area contributed by atoms with Crippen molar-refractivity contribution in [2.45, 2.75) is 32.3 Å². The number of aliphatic carboxylic acids is 1. The minimum atomic E-state index is -1.94. The van der Waals surface area contributed by atoms with Crippen molar-refractivity contribution < 1.29 is 24.5 Å². The highest BCUT2D eigenvalue weighted by atomic mass is 79.9. The number of aliphatic hydroxyl groups is 1. The number of carboxylic acids is 1. The number of carbonyl (C=O) groups excluding carboxylic acids is 1. The molecule has 0 aromatic heterocycles. The van der Waals surface area contributed by atoms with Gasteiger partial charge in [-0.05, 0) is 31.5 Å². The van der Waals surface area contributed by atoms with Crippen LogP contribution in [0.3, 0.4) is 0 Å². The fourth-order valence-electron chi connectivity index (χ4n) is 2.29. The molecule has 1 aromatic rings. The summed E-state index contributed by atoms with van der Waals surface area (Å²) in [6.45, 7) is 4.66. The predicted molar refractivity (Wildman–Crippen MR) is 80.9 cm³/mol. The lowest BCUT2D eigenvalue weighted by molar-refractivity contribution is -0.167. The lowest BCUT2D eigenvalue weighted by Gasteiger charge is -2.34. The van der Waals surface area contributed by atoms with E-state index in [9.17, 15) is 19.8 Å². The van der Waals surface area contributed by atoms with Crippen molar-refractivity contribution in [3.05, 3.63) is 34.3 Å². The Hall–Kier alpha value is -1.40. The number of esters is 1. The van der Waals surface area contributed by atoms with Gasteiger partial charge in [0.05, 0.1) is 12.7 Å². The van der Waals surface area contributed by atoms with Gasteiger partial charge < -0.3 is 14.9 Å². The monoisotopic (exact) mass is 358 g/mol. The van der Waals surface area contributed by atoms with Gasteiger partial charge in [-0.3, -0.25) is 9.59 Å². The van der Waals surface area contributed by atoms with Crippen molar-refractivity contribution in [3.8, 4) is 0 Å². The Balaban J connectivity index is 3.54. The number of hydrogen-bond donors (Lipinski definition) is 2. The van der Waals surface area contributed by atoms with Crippen molar-refractivity contribution >= 4 is 27.9 Å². The maximum Gasteiger partial charge on any atom is 0.328 e. The first-order valence-electron chi connectivity index (χ1n) is 6.63. The molecule has 116 valence electrons. The summed E-state index contributed by atoms with van der Waals surface area (Å²) in [5.74, 6) is -3.06. The van der Waals surface area contributed by atoms with E-state index in [1.54, 1.807) is 31.2 Å². The first kappa shape index (κ1) is 17.7. The highest BCUT2D eigenvalue weighted by molar-refractivity contribution is 9.10. The van der Waals surface area contributed by atoms with Gasteiger partial charge in [0, 0.05) is 10.4 Å². The van der Waals surface area contributed by atoms with E-state index in [1.165, 1.54) is 13.8 Å². The quantitative estimate of drug-likeness (QED) is 0.602. The van der Waals surface area contributed by atoms with E-state index in [0.717, 1.165) is 4.47 Å². The van der Waals surface area contributed by atoms with Crippen LogP contribution < -0.4 is 0 Å². The Bertz CT molecular complexity index is 511. The first-order valence-corrected chi connectivity index (χ1v) is 7.42. The van der Waals surface area contributed by atoms with Crippen molar-refractivity contribution in [1.29, 1.82) is 0 Å². The summed E-state index contributed by atoms with van der Waals surface area (Å²) in [6.07, 6.45) is -0.992. The number of halogens is 1. The topological polar surface area (TPSA) is 83.8 Å². The lowest BCUT2D eigenvalue weighted by Crippen LogP contribution is -2.53. The third kappa shape index (κ3) is 3.27. The zero-order valence-corrected chi connectivity index (χ0v) is 13.8. The highest BCUT2D eigenvalue weighted by Gasteiger charge is 2.55. The lowest BCUT2D eigenvalue weighted by atomic mass is 9.69. The van der Waals surface area contributed by atoms with Crippen LogP contribution >= 0.6 is 15.9 Å². The molecule has 6 heteroatoms. The van der Waals surface area contributed by atoms with Crippen LogP contribution in [0.5, 0.6) is 0 Å². The maximum absolute atomic E-state index is 12.4. The highest BCUT2D eigenvalue weighted by Crippen LogP contribution is 2.37. The maximum atomic E-state index is 12.4. The van der Waals surface area contributed by atoms with E-state index < -0.39 is 29.4 Å². The summed E-state index contributed by atoms with van der Waals surface area (Å²) < 4.78 is 5.75. The Morgan fingerprint density at radius 1 is 1.29 bits per heavy atom. The van der Waals surface area contributed by atoms with Gasteiger partial charge >= 0.3 is 11.9 Å². The summed E-state index contributed by atoms with van der Waals surface area (Å²) in [7, 11) is 0. The second-order valence-electron chi connectivity index (χ2n) is 4.87. The van der Waals surface area contributed by atoms with E-state index in [0.29, 0.717) is 0 Å². The summed E-state index contributed by atoms with van der Waals surface area (Å²) >= 11 is 3.27. The minimum absolute atomic E-state index is 0.0664. The van der Waals surface area contributed by atoms with Gasteiger partial charge in [-0.15, -0.1) is 0 Å². The zero-order valence-electron chi connectivity index (χ0n) is 12.2. The van der Waals surface area contributed by atoms with Crippen LogP contribution in [0, 0.1) is 5.92 Å². The normalized spacial score (nSPS) is 16.6. The Morgan fingerprint density at radius 2 is 1.81 bits per heavy atom. The number of aliphatic hydroxyl groups excluding tert-OH is 1. The van der Waals surface area contributed by atoms with Crippen LogP contribution in [0.15, 0.2) is 28.7 Å². The molecule has 0 spiro atoms. The Morgan fingerprint density at radius 3 is 2.19 bits per heavy atom. The minimum Gasteiger partial charge on any atom is -0.480 e. The molecule has 0 heterocycles. The average Bonchev–Trinajstić information content (AvgIpc) is 2.41. The Kier molecular flexibility index (Phi) is 5.92. The number of ether oxygens (including phenoxy) is 1. The van der Waals surface area contributed by atoms with Gasteiger partial charge in [0.1, 0.15) is 0 Å². The molecule has 0 bridgehead atoms. The van der Waals surface area contributed by atoms with Crippen LogP contribution in [-0.4, -0.2) is 34.9 Å². The number of hydrogen-bond acceptors (Lipinski definition) is 4. The van der Waals surface area contributed by atoms with Gasteiger partial charge in [-0.2, -0.15) is 0 Å². The van der Waals surface area contributed by atoms with Crippen LogP contribution in [0.1, 0.15) is 26.3 Å². The summed E-state index contributed by atoms with van der Waals surface area (Å²) in [4.78, 5) is 24.4. The van der Waals surface area contributed by atoms with E-state index in [4.69, 9.17) is 4.74 Å². The van der Waals surface area contributed by atoms with Crippen molar-refractivity contribution in [3.63, 3.8) is 0 Å². The molecule has 21 heavy (non-hydrogen) atoms. The molecule has 3 unspecified atom stereocenters. The molecule has 0 aliphatic carbocycles. The SMILES string of the molecule is CCOC(=O)C(C(=O)O)(c1ccc(Br)cc1)C(C)C(C)O. The average molecular weight is 359 g/mol. The predicted octanol–water partition coefficient (Wildman–Crippen LogP) is 2.35. The second-order valence-corrected chi connectivity index (χ2v) is 5.79. The summed E-state index contributed by atoms with van der Waals surface area (Å²) in [6, 6.07) is 6.41. The van der Waals surface area contributed by atoms with E-state index in [-0.39, 0.29) is 12.2 Å². The molecule has 0 fully saturated rings. The molecule has 1 aromatic carbocycles. The standard InChI is InChI=1S/C15H19BrO5/c1-4-21-14(20)15(13(18)19,9(2)10(3)17)11-5-7-12(16)8-6-11/h5-10,17H,4H2,1-3H3,(H,18,19). The molecule has 0 saturated carbocycles. The van der Waals surface area contributed by atoms with E-state index >= 15 is 0 Å². The third-order valence-corrected chi connectivity index (χ3v) is 4.17. The van der Waals surface area contributed by atoms with Gasteiger partial charge in [0.15, 0.2) is 5.41 Å². The van der Waals surface area contributed by atoms with Crippen molar-refractivity contribution in [1.82, 2.24) is 0 Å². The number of rotatable bonds is 6. The number of carboxylic acid groups (broad SMARTS) is 1. The molecule has 5 nitrogen and oxygen atoms in total. The van der Waals surface area contributed by atoms with Crippen molar-refractivity contribution in [2.24, 2.45) is 5.92 Å². The number of carbonyl (C=O) groups is 2. The van der Waals surface area contributed by atoms with Crippen LogP contribution in [0.4, 0.5) is 0 Å². The van der Waals surface area contributed by atoms with E-state index in [2.05, 4.69) is 15.9 Å². The van der Waals surface area contributed by atoms with Crippen LogP contribution in [-0.2, 0) is 19.7 Å². The third-order valence-electron chi connectivity index (χ3n) is 3.64. The largest absolute Gasteiger partial charge is 0.480 e. The second kappa shape index (κ2) is 7.04. The first-order chi connectivity index (χ1) is 9.78. The van der Waals surface area contributed by atoms with Crippen LogP contribution in [0.2, 0.25) is 0 Å². The fourth-order valence-corrected chi connectivity index (χ4v) is 2.56. The molecule has 0 aliphatic rings. The molecule has 0 amide bonds. The summed E-state index contributed by atoms with van der Waals surface area (Å²) in [5, 5.41) is 19.6. The molecular weight excluding hydrogens is 340 g/mol. The molecule has 0 radical (unpaired) electrons. The molecule has 0 saturated heterocycles. The van der Waals surface area contributed by atoms with Gasteiger partial charge in [-0.1, -0.05) is 35.0 Å². The van der Waals surface area contributed by atoms with E-state index in [1.807, 2.05) is 0 Å².